The van der Waals surface area contributed by atoms with Crippen LogP contribution in [0.4, 0.5) is 9.52 Å². The molecule has 0 saturated carbocycles. The van der Waals surface area contributed by atoms with E-state index in [0.29, 0.717) is 16.4 Å². The van der Waals surface area contributed by atoms with Crippen molar-refractivity contribution >= 4 is 34.1 Å². The number of nitrogens with zero attached hydrogens (tertiary/aromatic N) is 2. The highest BCUT2D eigenvalue weighted by atomic mass is 32.2. The van der Waals surface area contributed by atoms with E-state index < -0.39 is 0 Å². The molecule has 1 aromatic heterocycles. The number of hydrogen-bond acceptors (Lipinski definition) is 5. The molecule has 3 aromatic rings. The second kappa shape index (κ2) is 7.76. The fraction of sp³-hybridized carbons (Fsp3) is 0.167. The van der Waals surface area contributed by atoms with Crippen LogP contribution in [-0.2, 0) is 5.75 Å². The first-order valence-corrected chi connectivity index (χ1v) is 9.41. The van der Waals surface area contributed by atoms with E-state index in [1.54, 1.807) is 12.1 Å². The lowest BCUT2D eigenvalue weighted by Crippen LogP contribution is -2.13. The molecule has 1 N–H and O–H groups in total. The van der Waals surface area contributed by atoms with Crippen LogP contribution < -0.4 is 5.32 Å². The van der Waals surface area contributed by atoms with Gasteiger partial charge in [0.2, 0.25) is 5.13 Å². The number of thioether (sulfide) groups is 1. The smallest absolute Gasteiger partial charge is 0.257 e. The number of rotatable bonds is 5. The minimum Gasteiger partial charge on any atom is -0.296 e. The molecule has 0 bridgehead atoms. The number of benzene rings is 2. The van der Waals surface area contributed by atoms with Crippen molar-refractivity contribution in [3.05, 3.63) is 70.5 Å². The van der Waals surface area contributed by atoms with Gasteiger partial charge >= 0.3 is 0 Å². The second-order valence-electron chi connectivity index (χ2n) is 5.56. The van der Waals surface area contributed by atoms with Crippen LogP contribution in [0.1, 0.15) is 27.0 Å². The van der Waals surface area contributed by atoms with Crippen molar-refractivity contribution in [2.75, 3.05) is 5.32 Å². The molecule has 0 aliphatic heterocycles. The van der Waals surface area contributed by atoms with Crippen molar-refractivity contribution in [1.29, 1.82) is 0 Å². The Bertz CT molecular complexity index is 894. The molecule has 1 heterocycles. The summed E-state index contributed by atoms with van der Waals surface area (Å²) in [6.07, 6.45) is 0. The number of aromatic nitrogens is 2. The lowest BCUT2D eigenvalue weighted by atomic mass is 10.1. The molecular weight excluding hydrogens is 357 g/mol. The Morgan fingerprint density at radius 1 is 1.16 bits per heavy atom. The minimum atomic E-state index is -0.249. The summed E-state index contributed by atoms with van der Waals surface area (Å²) in [6.45, 7) is 3.90. The monoisotopic (exact) mass is 373 g/mol. The van der Waals surface area contributed by atoms with Crippen molar-refractivity contribution in [1.82, 2.24) is 10.2 Å². The zero-order chi connectivity index (χ0) is 17.8. The van der Waals surface area contributed by atoms with Crippen LogP contribution in [0.15, 0.2) is 46.8 Å². The molecule has 0 aliphatic carbocycles. The molecule has 0 saturated heterocycles. The second-order valence-corrected chi connectivity index (χ2v) is 7.76. The molecule has 2 aromatic carbocycles. The van der Waals surface area contributed by atoms with Crippen molar-refractivity contribution in [2.45, 2.75) is 23.9 Å². The summed E-state index contributed by atoms with van der Waals surface area (Å²) in [4.78, 5) is 12.4. The van der Waals surface area contributed by atoms with Gasteiger partial charge in [0.25, 0.3) is 5.91 Å². The fourth-order valence-corrected chi connectivity index (χ4v) is 3.98. The highest BCUT2D eigenvalue weighted by molar-refractivity contribution is 8.00. The van der Waals surface area contributed by atoms with Gasteiger partial charge in [-0.15, -0.1) is 10.2 Å². The van der Waals surface area contributed by atoms with E-state index in [0.717, 1.165) is 21.0 Å². The molecule has 3 rings (SSSR count). The standard InChI is InChI=1S/C18H16FN3OS2/c1-11-3-8-15(12(2)9-11)16(23)20-17-21-22-18(25-17)24-10-13-4-6-14(19)7-5-13/h3-9H,10H2,1-2H3,(H,20,21,23). The Labute approximate surface area is 153 Å². The summed E-state index contributed by atoms with van der Waals surface area (Å²) in [7, 11) is 0. The Morgan fingerprint density at radius 3 is 2.64 bits per heavy atom. The number of carbonyl (C=O) groups is 1. The van der Waals surface area contributed by atoms with E-state index in [2.05, 4.69) is 15.5 Å². The first kappa shape index (κ1) is 17.6. The summed E-state index contributed by atoms with van der Waals surface area (Å²) in [5.74, 6) is 0.227. The van der Waals surface area contributed by atoms with Crippen LogP contribution in [-0.4, -0.2) is 16.1 Å². The van der Waals surface area contributed by atoms with Crippen LogP contribution in [0.3, 0.4) is 0 Å². The number of amides is 1. The van der Waals surface area contributed by atoms with Gasteiger partial charge in [0.1, 0.15) is 5.82 Å². The highest BCUT2D eigenvalue weighted by Gasteiger charge is 2.12. The van der Waals surface area contributed by atoms with Crippen molar-refractivity contribution in [3.63, 3.8) is 0 Å². The Hall–Kier alpha value is -2.25. The molecule has 4 nitrogen and oxygen atoms in total. The molecule has 0 fully saturated rings. The molecule has 0 spiro atoms. The SMILES string of the molecule is Cc1ccc(C(=O)Nc2nnc(SCc3ccc(F)cc3)s2)c(C)c1. The summed E-state index contributed by atoms with van der Waals surface area (Å²) in [6, 6.07) is 12.0. The first-order chi connectivity index (χ1) is 12.0. The number of anilines is 1. The average molecular weight is 373 g/mol. The summed E-state index contributed by atoms with van der Waals surface area (Å²) >= 11 is 2.82. The normalized spacial score (nSPS) is 10.7. The number of carbonyl (C=O) groups excluding carboxylic acids is 1. The molecule has 0 unspecified atom stereocenters. The highest BCUT2D eigenvalue weighted by Crippen LogP contribution is 2.28. The zero-order valence-corrected chi connectivity index (χ0v) is 15.4. The van der Waals surface area contributed by atoms with E-state index in [-0.39, 0.29) is 11.7 Å². The van der Waals surface area contributed by atoms with Crippen molar-refractivity contribution in [2.24, 2.45) is 0 Å². The van der Waals surface area contributed by atoms with Gasteiger partial charge in [-0.1, -0.05) is 52.9 Å². The molecule has 0 aliphatic rings. The molecule has 0 atom stereocenters. The predicted octanol–water partition coefficient (Wildman–Crippen LogP) is 4.84. The van der Waals surface area contributed by atoms with Crippen molar-refractivity contribution < 1.29 is 9.18 Å². The number of nitrogens with one attached hydrogen (secondary N) is 1. The first-order valence-electron chi connectivity index (χ1n) is 7.60. The third-order valence-electron chi connectivity index (χ3n) is 3.53. The van der Waals surface area contributed by atoms with Crippen LogP contribution in [0.5, 0.6) is 0 Å². The van der Waals surface area contributed by atoms with Gasteiger partial charge < -0.3 is 0 Å². The van der Waals surface area contributed by atoms with E-state index in [9.17, 15) is 9.18 Å². The fourth-order valence-electron chi connectivity index (χ4n) is 2.28. The predicted molar refractivity (Wildman–Crippen MR) is 99.7 cm³/mol. The van der Waals surface area contributed by atoms with E-state index in [4.69, 9.17) is 0 Å². The number of halogens is 1. The molecule has 7 heteroatoms. The van der Waals surface area contributed by atoms with E-state index >= 15 is 0 Å². The van der Waals surface area contributed by atoms with Crippen LogP contribution >= 0.6 is 23.1 Å². The van der Waals surface area contributed by atoms with Crippen molar-refractivity contribution in [3.8, 4) is 0 Å². The lowest BCUT2D eigenvalue weighted by molar-refractivity contribution is 0.102. The number of hydrogen-bond donors (Lipinski definition) is 1. The van der Waals surface area contributed by atoms with E-state index in [1.807, 2.05) is 32.0 Å². The van der Waals surface area contributed by atoms with Gasteiger partial charge in [0.05, 0.1) is 0 Å². The summed E-state index contributed by atoms with van der Waals surface area (Å²) in [5.41, 5.74) is 3.67. The third-order valence-corrected chi connectivity index (χ3v) is 5.57. The van der Waals surface area contributed by atoms with Gasteiger partial charge in [-0.3, -0.25) is 10.1 Å². The Balaban J connectivity index is 1.61. The van der Waals surface area contributed by atoms with Crippen LogP contribution in [0.25, 0.3) is 0 Å². The lowest BCUT2D eigenvalue weighted by Gasteiger charge is -2.05. The van der Waals surface area contributed by atoms with Gasteiger partial charge in [-0.05, 0) is 43.2 Å². The van der Waals surface area contributed by atoms with Gasteiger partial charge in [-0.2, -0.15) is 0 Å². The van der Waals surface area contributed by atoms with Crippen LogP contribution in [0, 0.1) is 19.7 Å². The molecule has 1 amide bonds. The Morgan fingerprint density at radius 2 is 1.92 bits per heavy atom. The van der Waals surface area contributed by atoms with Gasteiger partial charge in [-0.25, -0.2) is 4.39 Å². The Kier molecular flexibility index (Phi) is 5.45. The topological polar surface area (TPSA) is 54.9 Å². The molecule has 0 radical (unpaired) electrons. The molecular formula is C18H16FN3OS2. The largest absolute Gasteiger partial charge is 0.296 e. The zero-order valence-electron chi connectivity index (χ0n) is 13.7. The van der Waals surface area contributed by atoms with Crippen LogP contribution in [0.2, 0.25) is 0 Å². The summed E-state index contributed by atoms with van der Waals surface area (Å²) in [5, 5.41) is 11.3. The quantitative estimate of drug-likeness (QED) is 0.514. The maximum absolute atomic E-state index is 12.9. The minimum absolute atomic E-state index is 0.191. The maximum atomic E-state index is 12.9. The van der Waals surface area contributed by atoms with Gasteiger partial charge in [0, 0.05) is 11.3 Å². The average Bonchev–Trinajstić information content (AvgIpc) is 3.01. The van der Waals surface area contributed by atoms with E-state index in [1.165, 1.54) is 35.2 Å². The maximum Gasteiger partial charge on any atom is 0.257 e. The molecule has 128 valence electrons. The van der Waals surface area contributed by atoms with Gasteiger partial charge in [0.15, 0.2) is 4.34 Å². The third kappa shape index (κ3) is 4.64. The number of aryl methyl sites for hydroxylation is 2. The summed E-state index contributed by atoms with van der Waals surface area (Å²) < 4.78 is 13.6. The molecule has 25 heavy (non-hydrogen) atoms.